The van der Waals surface area contributed by atoms with Crippen molar-refractivity contribution in [2.75, 3.05) is 19.1 Å². The van der Waals surface area contributed by atoms with Gasteiger partial charge in [-0.15, -0.1) is 10.2 Å². The van der Waals surface area contributed by atoms with Gasteiger partial charge in [0.05, 0.1) is 25.8 Å². The van der Waals surface area contributed by atoms with Crippen molar-refractivity contribution < 1.29 is 10.5 Å². The van der Waals surface area contributed by atoms with Gasteiger partial charge in [-0.3, -0.25) is 5.43 Å². The van der Waals surface area contributed by atoms with E-state index in [1.54, 1.807) is 18.9 Å². The molecule has 0 amide bonds. The third kappa shape index (κ3) is 2.37. The first-order valence-electron chi connectivity index (χ1n) is 6.33. The molecule has 4 N–H and O–H groups in total. The molecular formula is C13H16N5OS+. The summed E-state index contributed by atoms with van der Waals surface area (Å²) in [6.07, 6.45) is 0.798. The second-order valence-corrected chi connectivity index (χ2v) is 5.17. The third-order valence-corrected chi connectivity index (χ3v) is 3.82. The van der Waals surface area contributed by atoms with Crippen LogP contribution in [-0.2, 0) is 6.42 Å². The van der Waals surface area contributed by atoms with E-state index in [4.69, 9.17) is 4.74 Å². The molecule has 0 atom stereocenters. The molecule has 0 saturated carbocycles. The number of hydrogen-bond acceptors (Lipinski definition) is 5. The summed E-state index contributed by atoms with van der Waals surface area (Å²) in [6.45, 7) is 0.794. The van der Waals surface area contributed by atoms with Gasteiger partial charge in [-0.1, -0.05) is 23.9 Å². The van der Waals surface area contributed by atoms with Gasteiger partial charge in [-0.25, -0.2) is 4.68 Å². The van der Waals surface area contributed by atoms with Crippen LogP contribution in [0.1, 0.15) is 11.4 Å². The predicted molar refractivity (Wildman–Crippen MR) is 77.7 cm³/mol. The number of thioether (sulfide) groups is 1. The van der Waals surface area contributed by atoms with Crippen molar-refractivity contribution in [2.45, 2.75) is 11.6 Å². The molecule has 104 valence electrons. The van der Waals surface area contributed by atoms with Crippen molar-refractivity contribution in [1.29, 1.82) is 0 Å². The molecule has 1 aromatic carbocycles. The smallest absolute Gasteiger partial charge is 0.214 e. The van der Waals surface area contributed by atoms with Crippen LogP contribution in [0, 0.1) is 0 Å². The van der Waals surface area contributed by atoms with Crippen LogP contribution in [0.3, 0.4) is 0 Å². The second kappa shape index (κ2) is 5.56. The topological polar surface area (TPSA) is 79.6 Å². The van der Waals surface area contributed by atoms with Crippen molar-refractivity contribution in [3.05, 3.63) is 41.1 Å². The average molecular weight is 290 g/mol. The SMILES string of the molecule is COc1cccc(C2=CSc3nnc(CC[NH3+])n3N2)c1. The largest absolute Gasteiger partial charge is 0.497 e. The van der Waals surface area contributed by atoms with Gasteiger partial charge in [0.1, 0.15) is 5.75 Å². The van der Waals surface area contributed by atoms with E-state index in [2.05, 4.69) is 21.4 Å². The maximum atomic E-state index is 5.26. The van der Waals surface area contributed by atoms with Crippen LogP contribution in [-0.4, -0.2) is 28.5 Å². The van der Waals surface area contributed by atoms with Crippen LogP contribution in [0.4, 0.5) is 0 Å². The van der Waals surface area contributed by atoms with E-state index in [9.17, 15) is 0 Å². The number of rotatable bonds is 4. The Morgan fingerprint density at radius 3 is 3.10 bits per heavy atom. The lowest BCUT2D eigenvalue weighted by atomic mass is 10.2. The highest BCUT2D eigenvalue weighted by Gasteiger charge is 2.18. The number of fused-ring (bicyclic) bond motifs is 1. The summed E-state index contributed by atoms with van der Waals surface area (Å²) in [5.74, 6) is 1.73. The summed E-state index contributed by atoms with van der Waals surface area (Å²) in [5.41, 5.74) is 9.28. The molecule has 0 aliphatic carbocycles. The van der Waals surface area contributed by atoms with Gasteiger partial charge in [-0.2, -0.15) is 0 Å². The van der Waals surface area contributed by atoms with E-state index < -0.39 is 0 Å². The zero-order chi connectivity index (χ0) is 13.9. The highest BCUT2D eigenvalue weighted by Crippen LogP contribution is 2.29. The minimum atomic E-state index is 0.794. The van der Waals surface area contributed by atoms with E-state index in [1.165, 1.54) is 0 Å². The van der Waals surface area contributed by atoms with E-state index in [1.807, 2.05) is 34.3 Å². The fraction of sp³-hybridized carbons (Fsp3) is 0.231. The normalized spacial score (nSPS) is 13.4. The standard InChI is InChI=1S/C13H15N5OS/c1-19-10-4-2-3-9(7-10)11-8-20-13-16-15-12(5-6-14)18(13)17-11/h2-4,7-8,17H,5-6,14H2,1H3/p+1. The first kappa shape index (κ1) is 13.0. The number of nitrogens with one attached hydrogen (secondary N) is 1. The van der Waals surface area contributed by atoms with Gasteiger partial charge in [0.2, 0.25) is 5.16 Å². The Kier molecular flexibility index (Phi) is 3.62. The predicted octanol–water partition coefficient (Wildman–Crippen LogP) is 0.719. The Balaban J connectivity index is 1.89. The van der Waals surface area contributed by atoms with Gasteiger partial charge < -0.3 is 10.5 Å². The summed E-state index contributed by atoms with van der Waals surface area (Å²) in [4.78, 5) is 0. The Hall–Kier alpha value is -1.99. The number of ether oxygens (including phenoxy) is 1. The molecule has 0 radical (unpaired) electrons. The molecule has 6 nitrogen and oxygen atoms in total. The Morgan fingerprint density at radius 1 is 1.40 bits per heavy atom. The fourth-order valence-corrected chi connectivity index (χ4v) is 2.75. The molecule has 7 heteroatoms. The third-order valence-electron chi connectivity index (χ3n) is 3.00. The summed E-state index contributed by atoms with van der Waals surface area (Å²) in [6, 6.07) is 7.94. The molecule has 1 aliphatic heterocycles. The zero-order valence-corrected chi connectivity index (χ0v) is 12.0. The molecule has 1 aromatic heterocycles. The van der Waals surface area contributed by atoms with E-state index in [-0.39, 0.29) is 0 Å². The van der Waals surface area contributed by atoms with Crippen molar-refractivity contribution >= 4 is 17.5 Å². The molecule has 2 aromatic rings. The van der Waals surface area contributed by atoms with E-state index >= 15 is 0 Å². The maximum absolute atomic E-state index is 5.26. The lowest BCUT2D eigenvalue weighted by Crippen LogP contribution is -2.51. The molecule has 3 rings (SSSR count). The Bertz CT molecular complexity index is 652. The number of nitrogens with zero attached hydrogens (tertiary/aromatic N) is 3. The minimum Gasteiger partial charge on any atom is -0.497 e. The van der Waals surface area contributed by atoms with E-state index in [0.717, 1.165) is 41.0 Å². The van der Waals surface area contributed by atoms with Crippen molar-refractivity contribution in [2.24, 2.45) is 0 Å². The highest BCUT2D eigenvalue weighted by molar-refractivity contribution is 8.02. The number of benzene rings is 1. The molecule has 1 aliphatic rings. The lowest BCUT2D eigenvalue weighted by Gasteiger charge is -2.19. The Morgan fingerprint density at radius 2 is 2.30 bits per heavy atom. The molecule has 0 bridgehead atoms. The number of aromatic nitrogens is 3. The average Bonchev–Trinajstić information content (AvgIpc) is 2.90. The van der Waals surface area contributed by atoms with Gasteiger partial charge in [0.15, 0.2) is 5.82 Å². The van der Waals surface area contributed by atoms with Gasteiger partial charge in [0, 0.05) is 11.0 Å². The van der Waals surface area contributed by atoms with Crippen LogP contribution in [0.15, 0.2) is 34.8 Å². The molecule has 0 unspecified atom stereocenters. The van der Waals surface area contributed by atoms with Gasteiger partial charge in [-0.05, 0) is 12.1 Å². The fourth-order valence-electron chi connectivity index (χ4n) is 1.99. The van der Waals surface area contributed by atoms with Crippen molar-refractivity contribution in [3.63, 3.8) is 0 Å². The highest BCUT2D eigenvalue weighted by atomic mass is 32.2. The summed E-state index contributed by atoms with van der Waals surface area (Å²) in [7, 11) is 1.67. The maximum Gasteiger partial charge on any atom is 0.214 e. The lowest BCUT2D eigenvalue weighted by molar-refractivity contribution is -0.366. The zero-order valence-electron chi connectivity index (χ0n) is 11.2. The quantitative estimate of drug-likeness (QED) is 0.867. The van der Waals surface area contributed by atoms with Crippen LogP contribution in [0.2, 0.25) is 0 Å². The first-order chi connectivity index (χ1) is 9.81. The number of quaternary nitrogens is 1. The van der Waals surface area contributed by atoms with E-state index in [0.29, 0.717) is 0 Å². The molecular weight excluding hydrogens is 274 g/mol. The Labute approximate surface area is 121 Å². The first-order valence-corrected chi connectivity index (χ1v) is 7.21. The summed E-state index contributed by atoms with van der Waals surface area (Å²) in [5, 5.41) is 11.2. The molecule has 2 heterocycles. The van der Waals surface area contributed by atoms with Crippen molar-refractivity contribution in [1.82, 2.24) is 14.9 Å². The van der Waals surface area contributed by atoms with Crippen LogP contribution >= 0.6 is 11.8 Å². The second-order valence-electron chi connectivity index (χ2n) is 4.33. The van der Waals surface area contributed by atoms with Crippen molar-refractivity contribution in [3.8, 4) is 5.75 Å². The van der Waals surface area contributed by atoms with Gasteiger partial charge in [0.25, 0.3) is 0 Å². The summed E-state index contributed by atoms with van der Waals surface area (Å²) >= 11 is 1.56. The van der Waals surface area contributed by atoms with Gasteiger partial charge >= 0.3 is 0 Å². The molecule has 20 heavy (non-hydrogen) atoms. The number of hydrogen-bond donors (Lipinski definition) is 2. The van der Waals surface area contributed by atoms with Crippen LogP contribution in [0.5, 0.6) is 5.75 Å². The monoisotopic (exact) mass is 290 g/mol. The van der Waals surface area contributed by atoms with Crippen LogP contribution in [0.25, 0.3) is 5.70 Å². The molecule has 0 saturated heterocycles. The van der Waals surface area contributed by atoms with Crippen LogP contribution < -0.4 is 15.9 Å². The molecule has 0 spiro atoms. The minimum absolute atomic E-state index is 0.794. The molecule has 0 fully saturated rings. The number of methoxy groups -OCH3 is 1. The summed E-state index contributed by atoms with van der Waals surface area (Å²) < 4.78 is 7.18.